The first kappa shape index (κ1) is 16.8. The number of aryl methyl sites for hydroxylation is 1. The zero-order chi connectivity index (χ0) is 18.8. The van der Waals surface area contributed by atoms with Crippen LogP contribution in [0.2, 0.25) is 0 Å². The third-order valence-corrected chi connectivity index (χ3v) is 4.43. The average Bonchev–Trinajstić information content (AvgIpc) is 3.11. The molecule has 0 aliphatic rings. The van der Waals surface area contributed by atoms with E-state index in [2.05, 4.69) is 5.10 Å². The minimum Gasteiger partial charge on any atom is -0.457 e. The Morgan fingerprint density at radius 2 is 1.81 bits per heavy atom. The minimum atomic E-state index is -0.351. The van der Waals surface area contributed by atoms with Gasteiger partial charge < -0.3 is 10.5 Å². The van der Waals surface area contributed by atoms with Crippen LogP contribution < -0.4 is 5.73 Å². The molecule has 134 valence electrons. The molecule has 0 radical (unpaired) electrons. The van der Waals surface area contributed by atoms with Gasteiger partial charge >= 0.3 is 5.97 Å². The van der Waals surface area contributed by atoms with Crippen molar-refractivity contribution in [1.29, 1.82) is 0 Å². The van der Waals surface area contributed by atoms with Crippen molar-refractivity contribution in [1.82, 2.24) is 9.78 Å². The predicted octanol–water partition coefficient (Wildman–Crippen LogP) is 4.27. The first-order valence-electron chi connectivity index (χ1n) is 8.67. The number of benzene rings is 3. The fourth-order valence-corrected chi connectivity index (χ4v) is 3.05. The monoisotopic (exact) mass is 357 g/mol. The fraction of sp³-hybridized carbons (Fsp3) is 0.0909. The molecule has 2 N–H and O–H groups in total. The van der Waals surface area contributed by atoms with E-state index >= 15 is 0 Å². The van der Waals surface area contributed by atoms with Gasteiger partial charge in [0.1, 0.15) is 6.61 Å². The van der Waals surface area contributed by atoms with Crippen molar-refractivity contribution >= 4 is 22.6 Å². The number of hydrogen-bond donors (Lipinski definition) is 1. The van der Waals surface area contributed by atoms with Gasteiger partial charge in [0.2, 0.25) is 0 Å². The second kappa shape index (κ2) is 6.96. The van der Waals surface area contributed by atoms with Crippen molar-refractivity contribution in [3.8, 4) is 5.69 Å². The summed E-state index contributed by atoms with van der Waals surface area (Å²) >= 11 is 0. The van der Waals surface area contributed by atoms with Crippen LogP contribution in [0.1, 0.15) is 21.5 Å². The molecular weight excluding hydrogens is 338 g/mol. The Bertz CT molecular complexity index is 1100. The molecule has 0 saturated heterocycles. The molecule has 0 fully saturated rings. The fourth-order valence-electron chi connectivity index (χ4n) is 3.05. The molecule has 5 heteroatoms. The molecule has 0 saturated carbocycles. The minimum absolute atomic E-state index is 0.254. The molecule has 0 atom stereocenters. The molecule has 1 heterocycles. The topological polar surface area (TPSA) is 70.1 Å². The maximum absolute atomic E-state index is 12.3. The summed E-state index contributed by atoms with van der Waals surface area (Å²) in [5.41, 5.74) is 11.1. The van der Waals surface area contributed by atoms with E-state index in [4.69, 9.17) is 10.5 Å². The van der Waals surface area contributed by atoms with Gasteiger partial charge in [-0.25, -0.2) is 9.48 Å². The molecule has 27 heavy (non-hydrogen) atoms. The molecule has 0 amide bonds. The molecule has 0 spiro atoms. The number of nitrogen functional groups attached to an aromatic ring is 1. The number of nitrogens with zero attached hydrogens (tertiary/aromatic N) is 2. The molecule has 4 rings (SSSR count). The molecule has 1 aromatic heterocycles. The Kier molecular flexibility index (Phi) is 4.34. The Labute approximate surface area is 157 Å². The van der Waals surface area contributed by atoms with Crippen molar-refractivity contribution in [3.63, 3.8) is 0 Å². The van der Waals surface area contributed by atoms with Crippen molar-refractivity contribution in [2.24, 2.45) is 0 Å². The van der Waals surface area contributed by atoms with Crippen LogP contribution in [0.25, 0.3) is 16.6 Å². The molecule has 0 aliphatic carbocycles. The standard InChI is InChI=1S/C22H19N3O2/c1-15-11-20(23)19-13-24-25(21(19)12-15)18-9-7-17(8-10-18)22(26)27-14-16-5-3-2-4-6-16/h2-13H,14,23H2,1H3. The summed E-state index contributed by atoms with van der Waals surface area (Å²) in [7, 11) is 0. The number of anilines is 1. The second-order valence-corrected chi connectivity index (χ2v) is 6.45. The highest BCUT2D eigenvalue weighted by atomic mass is 16.5. The van der Waals surface area contributed by atoms with Crippen molar-refractivity contribution in [2.75, 3.05) is 5.73 Å². The van der Waals surface area contributed by atoms with E-state index < -0.39 is 0 Å². The lowest BCUT2D eigenvalue weighted by Gasteiger charge is -2.08. The highest BCUT2D eigenvalue weighted by Gasteiger charge is 2.11. The van der Waals surface area contributed by atoms with Gasteiger partial charge in [-0.3, -0.25) is 0 Å². The van der Waals surface area contributed by atoms with Gasteiger partial charge in [0, 0.05) is 11.1 Å². The van der Waals surface area contributed by atoms with E-state index in [1.54, 1.807) is 18.3 Å². The molecule has 5 nitrogen and oxygen atoms in total. The van der Waals surface area contributed by atoms with Gasteiger partial charge in [0.15, 0.2) is 0 Å². The average molecular weight is 357 g/mol. The van der Waals surface area contributed by atoms with Crippen molar-refractivity contribution in [2.45, 2.75) is 13.5 Å². The normalized spacial score (nSPS) is 10.9. The third kappa shape index (κ3) is 3.40. The van der Waals surface area contributed by atoms with Crippen LogP contribution in [0.4, 0.5) is 5.69 Å². The Balaban J connectivity index is 1.55. The molecular formula is C22H19N3O2. The number of nitrogens with two attached hydrogens (primary N) is 1. The van der Waals surface area contributed by atoms with E-state index in [-0.39, 0.29) is 12.6 Å². The van der Waals surface area contributed by atoms with E-state index in [1.807, 2.05) is 66.2 Å². The number of hydrogen-bond acceptors (Lipinski definition) is 4. The number of carbonyl (C=O) groups excluding carboxylic acids is 1. The largest absolute Gasteiger partial charge is 0.457 e. The van der Waals surface area contributed by atoms with Gasteiger partial charge in [-0.2, -0.15) is 5.10 Å². The quantitative estimate of drug-likeness (QED) is 0.437. The van der Waals surface area contributed by atoms with Gasteiger partial charge in [0.25, 0.3) is 0 Å². The Hall–Kier alpha value is -3.60. The van der Waals surface area contributed by atoms with E-state index in [0.29, 0.717) is 11.3 Å². The zero-order valence-electron chi connectivity index (χ0n) is 14.9. The van der Waals surface area contributed by atoms with Crippen LogP contribution in [0.5, 0.6) is 0 Å². The summed E-state index contributed by atoms with van der Waals surface area (Å²) < 4.78 is 7.19. The first-order chi connectivity index (χ1) is 13.1. The zero-order valence-corrected chi connectivity index (χ0v) is 14.9. The summed E-state index contributed by atoms with van der Waals surface area (Å²) in [4.78, 5) is 12.3. The summed E-state index contributed by atoms with van der Waals surface area (Å²) in [5.74, 6) is -0.351. The van der Waals surface area contributed by atoms with Crippen LogP contribution >= 0.6 is 0 Å². The summed E-state index contributed by atoms with van der Waals surface area (Å²) in [6.07, 6.45) is 1.76. The van der Waals surface area contributed by atoms with Gasteiger partial charge in [-0.05, 0) is 54.4 Å². The van der Waals surface area contributed by atoms with Crippen molar-refractivity contribution < 1.29 is 9.53 Å². The lowest BCUT2D eigenvalue weighted by atomic mass is 10.1. The molecule has 3 aromatic carbocycles. The number of carbonyl (C=O) groups is 1. The second-order valence-electron chi connectivity index (χ2n) is 6.45. The first-order valence-corrected chi connectivity index (χ1v) is 8.67. The number of ether oxygens (including phenoxy) is 1. The lowest BCUT2D eigenvalue weighted by Crippen LogP contribution is -2.05. The lowest BCUT2D eigenvalue weighted by molar-refractivity contribution is 0.0472. The smallest absolute Gasteiger partial charge is 0.338 e. The van der Waals surface area contributed by atoms with Crippen LogP contribution in [-0.2, 0) is 11.3 Å². The number of fused-ring (bicyclic) bond motifs is 1. The SMILES string of the molecule is Cc1cc(N)c2cnn(-c3ccc(C(=O)OCc4ccccc4)cc3)c2c1. The predicted molar refractivity (Wildman–Crippen MR) is 106 cm³/mol. The van der Waals surface area contributed by atoms with Crippen LogP contribution in [0.15, 0.2) is 72.9 Å². The molecule has 0 aliphatic heterocycles. The van der Waals surface area contributed by atoms with Gasteiger partial charge in [-0.1, -0.05) is 30.3 Å². The highest BCUT2D eigenvalue weighted by molar-refractivity contribution is 5.92. The van der Waals surface area contributed by atoms with Crippen LogP contribution in [0.3, 0.4) is 0 Å². The molecule has 0 unspecified atom stereocenters. The van der Waals surface area contributed by atoms with Crippen LogP contribution in [-0.4, -0.2) is 15.7 Å². The highest BCUT2D eigenvalue weighted by Crippen LogP contribution is 2.25. The van der Waals surface area contributed by atoms with Gasteiger partial charge in [-0.15, -0.1) is 0 Å². The van der Waals surface area contributed by atoms with Crippen LogP contribution in [0, 0.1) is 6.92 Å². The summed E-state index contributed by atoms with van der Waals surface area (Å²) in [6, 6.07) is 20.8. The summed E-state index contributed by atoms with van der Waals surface area (Å²) in [6.45, 7) is 2.25. The van der Waals surface area contributed by atoms with E-state index in [1.165, 1.54) is 0 Å². The maximum Gasteiger partial charge on any atom is 0.338 e. The maximum atomic E-state index is 12.3. The molecule has 0 bridgehead atoms. The van der Waals surface area contributed by atoms with E-state index in [9.17, 15) is 4.79 Å². The Morgan fingerprint density at radius 1 is 1.07 bits per heavy atom. The van der Waals surface area contributed by atoms with E-state index in [0.717, 1.165) is 27.7 Å². The summed E-state index contributed by atoms with van der Waals surface area (Å²) in [5, 5.41) is 5.35. The number of esters is 1. The van der Waals surface area contributed by atoms with Crippen molar-refractivity contribution in [3.05, 3.63) is 89.6 Å². The Morgan fingerprint density at radius 3 is 2.56 bits per heavy atom. The molecule has 4 aromatic rings. The third-order valence-electron chi connectivity index (χ3n) is 4.43. The number of rotatable bonds is 4. The number of aromatic nitrogens is 2. The van der Waals surface area contributed by atoms with Gasteiger partial charge in [0.05, 0.1) is 23.0 Å².